The van der Waals surface area contributed by atoms with Crippen molar-refractivity contribution >= 4 is 23.7 Å². The minimum atomic E-state index is -0.877. The Morgan fingerprint density at radius 1 is 1.27 bits per heavy atom. The Morgan fingerprint density at radius 2 is 1.87 bits per heavy atom. The van der Waals surface area contributed by atoms with E-state index in [1.165, 1.54) is 6.07 Å². The Morgan fingerprint density at radius 3 is 2.40 bits per heavy atom. The molecule has 1 aromatic rings. The second-order valence-electron chi connectivity index (χ2n) is 2.46. The maximum Gasteiger partial charge on any atom is 0.348 e. The molecule has 0 aromatic carbocycles. The van der Waals surface area contributed by atoms with Crippen LogP contribution in [0.25, 0.3) is 0 Å². The van der Waals surface area contributed by atoms with Crippen LogP contribution in [0.2, 0.25) is 0 Å². The molecule has 80 valence electrons. The third-order valence-electron chi connectivity index (χ3n) is 1.25. The first-order chi connectivity index (χ1) is 6.97. The average Bonchev–Trinajstić information content (AvgIpc) is 1.98. The second-order valence-corrected chi connectivity index (χ2v) is 2.46. The monoisotopic (exact) mass is 212 g/mol. The topological polar surface area (TPSA) is 156 Å². The lowest BCUT2D eigenvalue weighted by molar-refractivity contribution is 0.258. The van der Waals surface area contributed by atoms with Crippen molar-refractivity contribution in [3.63, 3.8) is 0 Å². The molecule has 1 aromatic heterocycles. The van der Waals surface area contributed by atoms with Gasteiger partial charge in [-0.3, -0.25) is 15.6 Å². The molecule has 0 saturated carbocycles. The van der Waals surface area contributed by atoms with E-state index < -0.39 is 17.8 Å². The summed E-state index contributed by atoms with van der Waals surface area (Å²) in [4.78, 5) is 37.4. The first kappa shape index (κ1) is 10.5. The predicted molar refractivity (Wildman–Crippen MR) is 51.3 cm³/mol. The molecule has 0 saturated heterocycles. The second kappa shape index (κ2) is 4.09. The lowest BCUT2D eigenvalue weighted by Gasteiger charge is -2.03. The summed E-state index contributed by atoms with van der Waals surface area (Å²) in [6.07, 6.45) is 0. The zero-order valence-electron chi connectivity index (χ0n) is 7.40. The van der Waals surface area contributed by atoms with Gasteiger partial charge < -0.3 is 11.5 Å². The predicted octanol–water partition coefficient (Wildman–Crippen LogP) is -1.25. The number of nitrogens with one attached hydrogen (secondary N) is 3. The maximum atomic E-state index is 10.9. The van der Waals surface area contributed by atoms with Crippen molar-refractivity contribution in [1.82, 2.24) is 9.97 Å². The Labute approximate surface area is 82.9 Å². The highest BCUT2D eigenvalue weighted by Crippen LogP contribution is 2.05. The van der Waals surface area contributed by atoms with Crippen molar-refractivity contribution in [3.05, 3.63) is 16.6 Å². The van der Waals surface area contributed by atoms with Crippen molar-refractivity contribution < 1.29 is 9.59 Å². The zero-order valence-corrected chi connectivity index (χ0v) is 7.40. The van der Waals surface area contributed by atoms with Gasteiger partial charge in [-0.1, -0.05) is 0 Å². The van der Waals surface area contributed by atoms with Crippen molar-refractivity contribution in [2.75, 3.05) is 10.6 Å². The van der Waals surface area contributed by atoms with Crippen molar-refractivity contribution in [2.24, 2.45) is 11.5 Å². The van der Waals surface area contributed by atoms with Crippen LogP contribution in [0.15, 0.2) is 10.9 Å². The van der Waals surface area contributed by atoms with E-state index >= 15 is 0 Å². The van der Waals surface area contributed by atoms with E-state index in [9.17, 15) is 14.4 Å². The molecule has 0 aliphatic rings. The van der Waals surface area contributed by atoms with E-state index in [2.05, 4.69) is 20.6 Å². The number of primary amides is 2. The molecule has 0 aliphatic carbocycles. The molecule has 7 N–H and O–H groups in total. The van der Waals surface area contributed by atoms with Gasteiger partial charge in [-0.25, -0.2) is 14.4 Å². The molecular weight excluding hydrogens is 204 g/mol. The fourth-order valence-electron chi connectivity index (χ4n) is 0.848. The summed E-state index contributed by atoms with van der Waals surface area (Å²) in [7, 11) is 0. The van der Waals surface area contributed by atoms with E-state index in [1.54, 1.807) is 0 Å². The Bertz CT molecular complexity index is 415. The Hall–Kier alpha value is -2.58. The number of urea groups is 2. The van der Waals surface area contributed by atoms with Crippen LogP contribution in [0, 0.1) is 0 Å². The lowest BCUT2D eigenvalue weighted by Crippen LogP contribution is -2.25. The third kappa shape index (κ3) is 3.34. The van der Waals surface area contributed by atoms with Crippen LogP contribution >= 0.6 is 0 Å². The molecule has 1 rings (SSSR count). The lowest BCUT2D eigenvalue weighted by atomic mass is 10.5. The molecule has 15 heavy (non-hydrogen) atoms. The van der Waals surface area contributed by atoms with Crippen LogP contribution in [0.4, 0.5) is 21.2 Å². The number of nitrogens with zero attached hydrogens (tertiary/aromatic N) is 1. The van der Waals surface area contributed by atoms with Gasteiger partial charge in [0.2, 0.25) is 0 Å². The quantitative estimate of drug-likeness (QED) is 0.415. The van der Waals surface area contributed by atoms with Gasteiger partial charge in [-0.05, 0) is 0 Å². The smallest absolute Gasteiger partial charge is 0.348 e. The van der Waals surface area contributed by atoms with E-state index in [1.807, 2.05) is 0 Å². The van der Waals surface area contributed by atoms with Crippen LogP contribution in [-0.4, -0.2) is 22.0 Å². The molecule has 9 nitrogen and oxygen atoms in total. The van der Waals surface area contributed by atoms with Gasteiger partial charge in [-0.15, -0.1) is 0 Å². The SMILES string of the molecule is NC(=O)Nc1cc(NC(N)=O)[nH]c(=O)n1. The number of hydrogen-bond donors (Lipinski definition) is 5. The minimum Gasteiger partial charge on any atom is -0.351 e. The molecule has 0 atom stereocenters. The first-order valence-electron chi connectivity index (χ1n) is 3.71. The maximum absolute atomic E-state index is 10.9. The number of amides is 4. The van der Waals surface area contributed by atoms with Crippen LogP contribution in [0.3, 0.4) is 0 Å². The van der Waals surface area contributed by atoms with Gasteiger partial charge in [0.1, 0.15) is 11.6 Å². The number of rotatable bonds is 2. The summed E-state index contributed by atoms with van der Waals surface area (Å²) in [6.45, 7) is 0. The highest BCUT2D eigenvalue weighted by molar-refractivity contribution is 5.89. The highest BCUT2D eigenvalue weighted by atomic mass is 16.2. The first-order valence-corrected chi connectivity index (χ1v) is 3.71. The molecular formula is C6H8N6O3. The van der Waals surface area contributed by atoms with Gasteiger partial charge in [0.15, 0.2) is 0 Å². The van der Waals surface area contributed by atoms with Crippen LogP contribution in [0.5, 0.6) is 0 Å². The number of aromatic nitrogens is 2. The summed E-state index contributed by atoms with van der Waals surface area (Å²) in [5, 5.41) is 4.19. The van der Waals surface area contributed by atoms with Crippen molar-refractivity contribution in [1.29, 1.82) is 0 Å². The summed E-state index contributed by atoms with van der Waals surface area (Å²) >= 11 is 0. The molecule has 0 unspecified atom stereocenters. The van der Waals surface area contributed by atoms with Gasteiger partial charge in [0, 0.05) is 6.07 Å². The van der Waals surface area contributed by atoms with E-state index in [4.69, 9.17) is 11.5 Å². The third-order valence-corrected chi connectivity index (χ3v) is 1.25. The normalized spacial score (nSPS) is 9.33. The van der Waals surface area contributed by atoms with Gasteiger partial charge in [-0.2, -0.15) is 4.98 Å². The van der Waals surface area contributed by atoms with Crippen molar-refractivity contribution in [3.8, 4) is 0 Å². The van der Waals surface area contributed by atoms with Crippen LogP contribution < -0.4 is 27.8 Å². The van der Waals surface area contributed by atoms with E-state index in [0.29, 0.717) is 0 Å². The molecule has 4 amide bonds. The molecule has 9 heteroatoms. The fourth-order valence-corrected chi connectivity index (χ4v) is 0.848. The molecule has 0 aliphatic heterocycles. The van der Waals surface area contributed by atoms with Crippen molar-refractivity contribution in [2.45, 2.75) is 0 Å². The van der Waals surface area contributed by atoms with Gasteiger partial charge in [0.05, 0.1) is 0 Å². The molecule has 0 fully saturated rings. The number of hydrogen-bond acceptors (Lipinski definition) is 4. The summed E-state index contributed by atoms with van der Waals surface area (Å²) < 4.78 is 0. The Balaban J connectivity index is 2.99. The number of carbonyl (C=O) groups excluding carboxylic acids is 2. The minimum absolute atomic E-state index is 0.00579. The number of aromatic amines is 1. The number of anilines is 2. The number of carbonyl (C=O) groups is 2. The van der Waals surface area contributed by atoms with Crippen LogP contribution in [-0.2, 0) is 0 Å². The molecule has 1 heterocycles. The molecule has 0 spiro atoms. The summed E-state index contributed by atoms with van der Waals surface area (Å²) in [6, 6.07) is -0.545. The van der Waals surface area contributed by atoms with E-state index in [-0.39, 0.29) is 11.6 Å². The van der Waals surface area contributed by atoms with Gasteiger partial charge in [0.25, 0.3) is 0 Å². The largest absolute Gasteiger partial charge is 0.351 e. The molecule has 0 bridgehead atoms. The summed E-state index contributed by atoms with van der Waals surface area (Å²) in [5.41, 5.74) is 8.87. The fraction of sp³-hybridized carbons (Fsp3) is 0. The van der Waals surface area contributed by atoms with Crippen LogP contribution in [0.1, 0.15) is 0 Å². The highest BCUT2D eigenvalue weighted by Gasteiger charge is 2.03. The zero-order chi connectivity index (χ0) is 11.4. The molecule has 0 radical (unpaired) electrons. The Kier molecular flexibility index (Phi) is 2.86. The number of nitrogens with two attached hydrogens (primary N) is 2. The average molecular weight is 212 g/mol. The number of H-pyrrole nitrogens is 1. The van der Waals surface area contributed by atoms with Gasteiger partial charge >= 0.3 is 17.8 Å². The standard InChI is InChI=1S/C6H8N6O3/c7-4(13)9-2-1-3(10-5(8)14)12-6(15)11-2/h1H,(H7,7,8,9,10,11,12,13,14,15). The summed E-state index contributed by atoms with van der Waals surface area (Å²) in [5.74, 6) is -0.0822. The van der Waals surface area contributed by atoms with E-state index in [0.717, 1.165) is 0 Å².